The van der Waals surface area contributed by atoms with Crippen LogP contribution in [0.3, 0.4) is 0 Å². The van der Waals surface area contributed by atoms with Crippen molar-refractivity contribution in [3.63, 3.8) is 0 Å². The van der Waals surface area contributed by atoms with Crippen molar-refractivity contribution in [2.45, 2.75) is 25.8 Å². The highest BCUT2D eigenvalue weighted by molar-refractivity contribution is 6.06. The number of aromatic nitrogens is 1. The van der Waals surface area contributed by atoms with Gasteiger partial charge in [-0.05, 0) is 50.1 Å². The number of anilines is 1. The van der Waals surface area contributed by atoms with Gasteiger partial charge in [-0.25, -0.2) is 4.79 Å². The fraction of sp³-hybridized carbons (Fsp3) is 0.263. The summed E-state index contributed by atoms with van der Waals surface area (Å²) in [5, 5.41) is 5.57. The first-order valence-corrected chi connectivity index (χ1v) is 8.41. The van der Waals surface area contributed by atoms with E-state index in [4.69, 9.17) is 4.74 Å². The number of pyridine rings is 1. The van der Waals surface area contributed by atoms with Gasteiger partial charge < -0.3 is 15.4 Å². The normalized spacial score (nSPS) is 13.0. The van der Waals surface area contributed by atoms with Crippen LogP contribution in [0.15, 0.2) is 42.7 Å². The van der Waals surface area contributed by atoms with Gasteiger partial charge in [-0.3, -0.25) is 14.6 Å². The molecule has 0 spiro atoms. The second kappa shape index (κ2) is 7.77. The van der Waals surface area contributed by atoms with E-state index in [1.807, 2.05) is 0 Å². The Balaban J connectivity index is 1.65. The standard InChI is InChI=1S/C19H19N3O4/c1-2-26-19(25)12-3-5-15(6-4-12)21-17(23)13-9-14(11-20-10-13)18(24)22-16-7-8-16/h3-6,9-11,16H,2,7-8H2,1H3,(H,21,23)(H,22,24). The van der Waals surface area contributed by atoms with Crippen molar-refractivity contribution in [1.82, 2.24) is 10.3 Å². The van der Waals surface area contributed by atoms with E-state index in [-0.39, 0.29) is 23.4 Å². The topological polar surface area (TPSA) is 97.4 Å². The molecular weight excluding hydrogens is 334 g/mol. The molecule has 0 bridgehead atoms. The lowest BCUT2D eigenvalue weighted by Crippen LogP contribution is -2.26. The van der Waals surface area contributed by atoms with Gasteiger partial charge in [0.1, 0.15) is 0 Å². The fourth-order valence-electron chi connectivity index (χ4n) is 2.29. The van der Waals surface area contributed by atoms with Gasteiger partial charge in [-0.1, -0.05) is 0 Å². The highest BCUT2D eigenvalue weighted by Crippen LogP contribution is 2.19. The van der Waals surface area contributed by atoms with Gasteiger partial charge in [0, 0.05) is 24.1 Å². The number of esters is 1. The molecule has 2 aromatic rings. The molecule has 1 aromatic carbocycles. The molecule has 1 fully saturated rings. The van der Waals surface area contributed by atoms with Crippen LogP contribution in [-0.4, -0.2) is 35.4 Å². The number of ether oxygens (including phenoxy) is 1. The molecule has 2 amide bonds. The summed E-state index contributed by atoms with van der Waals surface area (Å²) < 4.78 is 4.91. The number of benzene rings is 1. The van der Waals surface area contributed by atoms with Crippen LogP contribution in [0, 0.1) is 0 Å². The van der Waals surface area contributed by atoms with Crippen molar-refractivity contribution in [3.8, 4) is 0 Å². The number of rotatable bonds is 6. The van der Waals surface area contributed by atoms with E-state index in [2.05, 4.69) is 15.6 Å². The molecule has 0 unspecified atom stereocenters. The summed E-state index contributed by atoms with van der Waals surface area (Å²) in [6.07, 6.45) is 4.81. The predicted octanol–water partition coefficient (Wildman–Crippen LogP) is 2.40. The first-order chi connectivity index (χ1) is 12.6. The molecule has 7 nitrogen and oxygen atoms in total. The Morgan fingerprint density at radius 3 is 2.31 bits per heavy atom. The van der Waals surface area contributed by atoms with Gasteiger partial charge in [0.15, 0.2) is 0 Å². The van der Waals surface area contributed by atoms with Crippen LogP contribution in [-0.2, 0) is 4.74 Å². The number of hydrogen-bond acceptors (Lipinski definition) is 5. The molecule has 1 heterocycles. The van der Waals surface area contributed by atoms with Gasteiger partial charge >= 0.3 is 5.97 Å². The smallest absolute Gasteiger partial charge is 0.338 e. The van der Waals surface area contributed by atoms with E-state index >= 15 is 0 Å². The maximum atomic E-state index is 12.4. The van der Waals surface area contributed by atoms with Crippen LogP contribution in [0.2, 0.25) is 0 Å². The second-order valence-corrected chi connectivity index (χ2v) is 5.96. The number of hydrogen-bond donors (Lipinski definition) is 2. The largest absolute Gasteiger partial charge is 0.462 e. The van der Waals surface area contributed by atoms with Crippen LogP contribution >= 0.6 is 0 Å². The van der Waals surface area contributed by atoms with Crippen LogP contribution in [0.4, 0.5) is 5.69 Å². The van der Waals surface area contributed by atoms with E-state index in [1.54, 1.807) is 31.2 Å². The quantitative estimate of drug-likeness (QED) is 0.777. The molecule has 0 atom stereocenters. The van der Waals surface area contributed by atoms with E-state index < -0.39 is 5.97 Å². The Morgan fingerprint density at radius 2 is 1.69 bits per heavy atom. The van der Waals surface area contributed by atoms with Crippen LogP contribution < -0.4 is 10.6 Å². The number of carbonyl (C=O) groups is 3. The molecule has 1 aliphatic rings. The minimum atomic E-state index is -0.413. The Kier molecular flexibility index (Phi) is 5.26. The Hall–Kier alpha value is -3.22. The van der Waals surface area contributed by atoms with Crippen LogP contribution in [0.5, 0.6) is 0 Å². The van der Waals surface area contributed by atoms with E-state index in [0.29, 0.717) is 23.4 Å². The fourth-order valence-corrected chi connectivity index (χ4v) is 2.29. The minimum absolute atomic E-state index is 0.228. The number of carbonyl (C=O) groups excluding carboxylic acids is 3. The van der Waals surface area contributed by atoms with Crippen molar-refractivity contribution in [2.75, 3.05) is 11.9 Å². The zero-order valence-electron chi connectivity index (χ0n) is 14.3. The van der Waals surface area contributed by atoms with Gasteiger partial charge in [0.2, 0.25) is 0 Å². The maximum Gasteiger partial charge on any atom is 0.338 e. The zero-order chi connectivity index (χ0) is 18.5. The lowest BCUT2D eigenvalue weighted by Gasteiger charge is -2.08. The van der Waals surface area contributed by atoms with Crippen molar-refractivity contribution in [3.05, 3.63) is 59.4 Å². The summed E-state index contributed by atoms with van der Waals surface area (Å²) in [6, 6.07) is 8.12. The highest BCUT2D eigenvalue weighted by Gasteiger charge is 2.24. The maximum absolute atomic E-state index is 12.4. The molecule has 26 heavy (non-hydrogen) atoms. The number of nitrogens with zero attached hydrogens (tertiary/aromatic N) is 1. The minimum Gasteiger partial charge on any atom is -0.462 e. The first kappa shape index (κ1) is 17.6. The third kappa shape index (κ3) is 4.44. The molecule has 1 saturated carbocycles. The highest BCUT2D eigenvalue weighted by atomic mass is 16.5. The third-order valence-corrected chi connectivity index (χ3v) is 3.83. The molecule has 0 radical (unpaired) electrons. The Bertz CT molecular complexity index is 829. The zero-order valence-corrected chi connectivity index (χ0v) is 14.3. The average Bonchev–Trinajstić information content (AvgIpc) is 3.46. The molecule has 2 N–H and O–H groups in total. The monoisotopic (exact) mass is 353 g/mol. The molecule has 7 heteroatoms. The molecule has 134 valence electrons. The van der Waals surface area contributed by atoms with E-state index in [9.17, 15) is 14.4 Å². The number of amides is 2. The SMILES string of the molecule is CCOC(=O)c1ccc(NC(=O)c2cncc(C(=O)NC3CC3)c2)cc1. The summed E-state index contributed by atoms with van der Waals surface area (Å²) in [5.74, 6) is -1.03. The molecule has 1 aromatic heterocycles. The average molecular weight is 353 g/mol. The molecular formula is C19H19N3O4. The summed E-state index contributed by atoms with van der Waals surface area (Å²) in [6.45, 7) is 2.04. The van der Waals surface area contributed by atoms with Gasteiger partial charge in [0.25, 0.3) is 11.8 Å². The van der Waals surface area contributed by atoms with Crippen molar-refractivity contribution >= 4 is 23.5 Å². The van der Waals surface area contributed by atoms with E-state index in [0.717, 1.165) is 12.8 Å². The van der Waals surface area contributed by atoms with E-state index in [1.165, 1.54) is 18.5 Å². The third-order valence-electron chi connectivity index (χ3n) is 3.83. The van der Waals surface area contributed by atoms with Crippen LogP contribution in [0.25, 0.3) is 0 Å². The molecule has 0 saturated heterocycles. The Labute approximate surface area is 150 Å². The molecule has 1 aliphatic carbocycles. The molecule has 0 aliphatic heterocycles. The second-order valence-electron chi connectivity index (χ2n) is 5.96. The van der Waals surface area contributed by atoms with Crippen LogP contribution in [0.1, 0.15) is 50.8 Å². The Morgan fingerprint density at radius 1 is 1.04 bits per heavy atom. The number of nitrogens with one attached hydrogen (secondary N) is 2. The summed E-state index contributed by atoms with van der Waals surface area (Å²) in [4.78, 5) is 40.0. The van der Waals surface area contributed by atoms with Crippen molar-refractivity contribution in [2.24, 2.45) is 0 Å². The predicted molar refractivity (Wildman–Crippen MR) is 95.1 cm³/mol. The summed E-state index contributed by atoms with van der Waals surface area (Å²) >= 11 is 0. The first-order valence-electron chi connectivity index (χ1n) is 8.41. The summed E-state index contributed by atoms with van der Waals surface area (Å²) in [5.41, 5.74) is 1.56. The van der Waals surface area contributed by atoms with Crippen molar-refractivity contribution in [1.29, 1.82) is 0 Å². The van der Waals surface area contributed by atoms with Gasteiger partial charge in [-0.2, -0.15) is 0 Å². The van der Waals surface area contributed by atoms with Gasteiger partial charge in [0.05, 0.1) is 23.3 Å². The molecule has 3 rings (SSSR count). The van der Waals surface area contributed by atoms with Crippen molar-refractivity contribution < 1.29 is 19.1 Å². The lowest BCUT2D eigenvalue weighted by molar-refractivity contribution is 0.0526. The summed E-state index contributed by atoms with van der Waals surface area (Å²) in [7, 11) is 0. The lowest BCUT2D eigenvalue weighted by atomic mass is 10.1. The van der Waals surface area contributed by atoms with Gasteiger partial charge in [-0.15, -0.1) is 0 Å².